The van der Waals surface area contributed by atoms with Gasteiger partial charge in [-0.1, -0.05) is 51.5 Å². The van der Waals surface area contributed by atoms with Gasteiger partial charge in [0, 0.05) is 23.5 Å². The highest BCUT2D eigenvalue weighted by Crippen LogP contribution is 2.26. The van der Waals surface area contributed by atoms with Gasteiger partial charge in [-0.2, -0.15) is 0 Å². The zero-order valence-electron chi connectivity index (χ0n) is 15.8. The number of aromatic amines is 1. The van der Waals surface area contributed by atoms with Crippen LogP contribution in [-0.4, -0.2) is 10.6 Å². The summed E-state index contributed by atoms with van der Waals surface area (Å²) in [5, 5.41) is 1.30. The van der Waals surface area contributed by atoms with E-state index in [0.29, 0.717) is 0 Å². The van der Waals surface area contributed by atoms with E-state index in [2.05, 4.69) is 69.7 Å². The van der Waals surface area contributed by atoms with Gasteiger partial charge < -0.3 is 9.72 Å². The van der Waals surface area contributed by atoms with Gasteiger partial charge in [0.05, 0.1) is 5.76 Å². The largest absolute Gasteiger partial charge is 0.493 e. The molecule has 1 aromatic carbocycles. The molecule has 0 fully saturated rings. The van der Waals surface area contributed by atoms with Crippen LogP contribution in [0, 0.1) is 5.92 Å². The van der Waals surface area contributed by atoms with Crippen molar-refractivity contribution >= 4 is 10.9 Å². The van der Waals surface area contributed by atoms with Crippen LogP contribution in [-0.2, 0) is 11.2 Å². The molecule has 1 unspecified atom stereocenters. The van der Waals surface area contributed by atoms with E-state index in [1.54, 1.807) is 0 Å². The van der Waals surface area contributed by atoms with Crippen LogP contribution in [0.2, 0.25) is 0 Å². The SMILES string of the molecule is C=C(CCc1c[nH]c2ccccc12)OC(C)(C)CCCC(C)CC. The van der Waals surface area contributed by atoms with Gasteiger partial charge in [0.1, 0.15) is 5.60 Å². The number of ether oxygens (including phenoxy) is 1. The molecule has 2 nitrogen and oxygen atoms in total. The summed E-state index contributed by atoms with van der Waals surface area (Å²) in [5.41, 5.74) is 2.42. The van der Waals surface area contributed by atoms with Crippen molar-refractivity contribution in [2.45, 2.75) is 71.8 Å². The first-order valence-electron chi connectivity index (χ1n) is 9.33. The highest BCUT2D eigenvalue weighted by molar-refractivity contribution is 5.83. The molecule has 2 aromatic rings. The molecule has 1 atom stereocenters. The van der Waals surface area contributed by atoms with E-state index in [1.165, 1.54) is 35.7 Å². The molecule has 1 N–H and O–H groups in total. The lowest BCUT2D eigenvalue weighted by atomic mass is 9.95. The number of aromatic nitrogens is 1. The highest BCUT2D eigenvalue weighted by atomic mass is 16.5. The van der Waals surface area contributed by atoms with Crippen LogP contribution in [0.15, 0.2) is 42.8 Å². The molecule has 0 saturated heterocycles. The zero-order valence-corrected chi connectivity index (χ0v) is 15.8. The number of nitrogens with one attached hydrogen (secondary N) is 1. The molecule has 2 heteroatoms. The lowest BCUT2D eigenvalue weighted by Crippen LogP contribution is -2.24. The Morgan fingerprint density at radius 1 is 1.29 bits per heavy atom. The summed E-state index contributed by atoms with van der Waals surface area (Å²) in [6.07, 6.45) is 8.79. The summed E-state index contributed by atoms with van der Waals surface area (Å²) in [4.78, 5) is 3.33. The lowest BCUT2D eigenvalue weighted by molar-refractivity contribution is 0.0208. The average molecular weight is 328 g/mol. The second-order valence-electron chi connectivity index (χ2n) is 7.67. The van der Waals surface area contributed by atoms with Crippen LogP contribution in [0.3, 0.4) is 0 Å². The molecule has 24 heavy (non-hydrogen) atoms. The van der Waals surface area contributed by atoms with Crippen molar-refractivity contribution in [3.05, 3.63) is 48.4 Å². The average Bonchev–Trinajstić information content (AvgIpc) is 2.95. The fraction of sp³-hybridized carbons (Fsp3) is 0.545. The standard InChI is InChI=1S/C22H33NO/c1-6-17(2)10-9-15-22(4,5)24-18(3)13-14-19-16-23-21-12-8-7-11-20(19)21/h7-8,11-12,16-17,23H,3,6,9-10,13-15H2,1-2,4-5H3. The number of fused-ring (bicyclic) bond motifs is 1. The topological polar surface area (TPSA) is 25.0 Å². The minimum absolute atomic E-state index is 0.120. The molecule has 1 heterocycles. The fourth-order valence-electron chi connectivity index (χ4n) is 3.19. The van der Waals surface area contributed by atoms with E-state index in [1.807, 2.05) is 0 Å². The van der Waals surface area contributed by atoms with Gasteiger partial charge in [-0.05, 0) is 50.7 Å². The maximum Gasteiger partial charge on any atom is 0.103 e. The normalized spacial score (nSPS) is 13.2. The van der Waals surface area contributed by atoms with Gasteiger partial charge in [0.2, 0.25) is 0 Å². The Kier molecular flexibility index (Phi) is 6.53. The van der Waals surface area contributed by atoms with Gasteiger partial charge in [0.15, 0.2) is 0 Å². The van der Waals surface area contributed by atoms with E-state index < -0.39 is 0 Å². The van der Waals surface area contributed by atoms with Gasteiger partial charge in [-0.25, -0.2) is 0 Å². The van der Waals surface area contributed by atoms with Crippen LogP contribution in [0.5, 0.6) is 0 Å². The molecular formula is C22H33NO. The first-order chi connectivity index (χ1) is 11.4. The quantitative estimate of drug-likeness (QED) is 0.487. The van der Waals surface area contributed by atoms with Crippen LogP contribution < -0.4 is 0 Å². The van der Waals surface area contributed by atoms with Gasteiger partial charge in [-0.15, -0.1) is 0 Å². The number of benzene rings is 1. The van der Waals surface area contributed by atoms with Crippen LogP contribution in [0.25, 0.3) is 10.9 Å². The van der Waals surface area contributed by atoms with E-state index in [4.69, 9.17) is 4.74 Å². The fourth-order valence-corrected chi connectivity index (χ4v) is 3.19. The summed E-state index contributed by atoms with van der Waals surface area (Å²) in [6, 6.07) is 8.44. The Morgan fingerprint density at radius 3 is 2.79 bits per heavy atom. The van der Waals surface area contributed by atoms with Gasteiger partial charge in [-0.3, -0.25) is 0 Å². The van der Waals surface area contributed by atoms with Crippen molar-refractivity contribution in [2.24, 2.45) is 5.92 Å². The van der Waals surface area contributed by atoms with E-state index in [-0.39, 0.29) is 5.60 Å². The molecule has 0 aliphatic rings. The van der Waals surface area contributed by atoms with E-state index in [9.17, 15) is 0 Å². The van der Waals surface area contributed by atoms with Crippen LogP contribution in [0.4, 0.5) is 0 Å². The molecule has 0 amide bonds. The molecule has 0 saturated carbocycles. The number of H-pyrrole nitrogens is 1. The number of para-hydroxylation sites is 1. The van der Waals surface area contributed by atoms with Crippen molar-refractivity contribution in [1.29, 1.82) is 0 Å². The predicted octanol–water partition coefficient (Wildman–Crippen LogP) is 6.63. The van der Waals surface area contributed by atoms with E-state index in [0.717, 1.165) is 30.9 Å². The van der Waals surface area contributed by atoms with Crippen LogP contribution >= 0.6 is 0 Å². The van der Waals surface area contributed by atoms with Crippen molar-refractivity contribution < 1.29 is 4.74 Å². The molecule has 1 aromatic heterocycles. The summed E-state index contributed by atoms with van der Waals surface area (Å²) >= 11 is 0. The Bertz CT molecular complexity index is 653. The summed E-state index contributed by atoms with van der Waals surface area (Å²) < 4.78 is 6.16. The van der Waals surface area contributed by atoms with Crippen molar-refractivity contribution in [1.82, 2.24) is 4.98 Å². The van der Waals surface area contributed by atoms with Crippen LogP contribution in [0.1, 0.15) is 65.4 Å². The molecule has 2 rings (SSSR count). The van der Waals surface area contributed by atoms with Gasteiger partial charge >= 0.3 is 0 Å². The summed E-state index contributed by atoms with van der Waals surface area (Å²) in [5.74, 6) is 1.71. The predicted molar refractivity (Wildman–Crippen MR) is 104 cm³/mol. The number of aryl methyl sites for hydroxylation is 1. The monoisotopic (exact) mass is 327 g/mol. The first-order valence-corrected chi connectivity index (χ1v) is 9.33. The third-order valence-corrected chi connectivity index (χ3v) is 4.94. The smallest absolute Gasteiger partial charge is 0.103 e. The van der Waals surface area contributed by atoms with E-state index >= 15 is 0 Å². The van der Waals surface area contributed by atoms with Crippen molar-refractivity contribution in [2.75, 3.05) is 0 Å². The minimum atomic E-state index is -0.120. The number of hydrogen-bond acceptors (Lipinski definition) is 1. The second-order valence-corrected chi connectivity index (χ2v) is 7.67. The zero-order chi connectivity index (χ0) is 17.6. The van der Waals surface area contributed by atoms with Gasteiger partial charge in [0.25, 0.3) is 0 Å². The summed E-state index contributed by atoms with van der Waals surface area (Å²) in [7, 11) is 0. The number of rotatable bonds is 10. The molecule has 0 radical (unpaired) electrons. The third kappa shape index (κ3) is 5.43. The number of allylic oxidation sites excluding steroid dienone is 1. The maximum atomic E-state index is 6.16. The Morgan fingerprint density at radius 2 is 2.04 bits per heavy atom. The molecule has 0 spiro atoms. The maximum absolute atomic E-state index is 6.16. The molecular weight excluding hydrogens is 294 g/mol. The highest BCUT2D eigenvalue weighted by Gasteiger charge is 2.20. The Balaban J connectivity index is 1.79. The molecule has 0 bridgehead atoms. The number of hydrogen-bond donors (Lipinski definition) is 1. The Labute approximate surface area is 147 Å². The lowest BCUT2D eigenvalue weighted by Gasteiger charge is -2.28. The molecule has 0 aliphatic heterocycles. The molecule has 0 aliphatic carbocycles. The van der Waals surface area contributed by atoms with Crippen molar-refractivity contribution in [3.63, 3.8) is 0 Å². The second kappa shape index (κ2) is 8.41. The Hall–Kier alpha value is -1.70. The minimum Gasteiger partial charge on any atom is -0.493 e. The van der Waals surface area contributed by atoms with Crippen molar-refractivity contribution in [3.8, 4) is 0 Å². The summed E-state index contributed by atoms with van der Waals surface area (Å²) in [6.45, 7) is 13.1. The third-order valence-electron chi connectivity index (χ3n) is 4.94. The molecule has 132 valence electrons. The first kappa shape index (κ1) is 18.6.